The van der Waals surface area contributed by atoms with Crippen LogP contribution >= 0.6 is 11.3 Å². The Kier molecular flexibility index (Phi) is 6.15. The molecule has 0 aliphatic heterocycles. The third kappa shape index (κ3) is 4.24. The molecule has 0 fully saturated rings. The van der Waals surface area contributed by atoms with Crippen LogP contribution in [0.4, 0.5) is 0 Å². The lowest BCUT2D eigenvalue weighted by molar-refractivity contribution is 0.0523. The first-order valence-corrected chi connectivity index (χ1v) is 10.7. The first kappa shape index (κ1) is 20.2. The van der Waals surface area contributed by atoms with Crippen molar-refractivity contribution >= 4 is 27.5 Å². The van der Waals surface area contributed by atoms with Crippen LogP contribution in [-0.2, 0) is 17.8 Å². The normalized spacial score (nSPS) is 11.3. The maximum atomic E-state index is 12.6. The number of carbonyl (C=O) groups excluding carboxylic acids is 1. The van der Waals surface area contributed by atoms with Crippen molar-refractivity contribution in [1.82, 2.24) is 24.6 Å². The van der Waals surface area contributed by atoms with Gasteiger partial charge in [0.05, 0.1) is 28.7 Å². The molecule has 8 heteroatoms. The summed E-state index contributed by atoms with van der Waals surface area (Å²) in [7, 11) is 0. The molecule has 3 aromatic heterocycles. The molecule has 0 radical (unpaired) electrons. The van der Waals surface area contributed by atoms with Crippen LogP contribution < -0.4 is 0 Å². The van der Waals surface area contributed by atoms with E-state index in [9.17, 15) is 4.79 Å². The molecule has 0 saturated heterocycles. The molecule has 0 N–H and O–H groups in total. The molecule has 0 spiro atoms. The molecule has 30 heavy (non-hydrogen) atoms. The zero-order valence-corrected chi connectivity index (χ0v) is 17.8. The van der Waals surface area contributed by atoms with Gasteiger partial charge in [0, 0.05) is 25.5 Å². The Hall–Kier alpha value is -3.10. The highest BCUT2D eigenvalue weighted by Gasteiger charge is 2.23. The second kappa shape index (κ2) is 9.15. The molecule has 0 atom stereocenters. The van der Waals surface area contributed by atoms with Crippen molar-refractivity contribution in [3.05, 3.63) is 71.8 Å². The Bertz CT molecular complexity index is 1110. The Labute approximate surface area is 179 Å². The number of hydrogen-bond acceptors (Lipinski definition) is 7. The summed E-state index contributed by atoms with van der Waals surface area (Å²) in [5.74, 6) is -0.361. The smallest absolute Gasteiger partial charge is 0.341 e. The van der Waals surface area contributed by atoms with Crippen molar-refractivity contribution in [1.29, 1.82) is 0 Å². The highest BCUT2D eigenvalue weighted by atomic mass is 32.1. The summed E-state index contributed by atoms with van der Waals surface area (Å²) in [6, 6.07) is 12.0. The third-order valence-electron chi connectivity index (χ3n) is 4.80. The summed E-state index contributed by atoms with van der Waals surface area (Å²) in [5, 5.41) is 5.24. The van der Waals surface area contributed by atoms with E-state index in [0.717, 1.165) is 39.7 Å². The maximum Gasteiger partial charge on any atom is 0.341 e. The topological polar surface area (TPSA) is 73.1 Å². The SMILES string of the molecule is CCOC(=O)c1cnn(-c2nc3ccccc3s2)c1CN(CC)Cc1ccncc1. The van der Waals surface area contributed by atoms with E-state index >= 15 is 0 Å². The van der Waals surface area contributed by atoms with Gasteiger partial charge < -0.3 is 4.74 Å². The van der Waals surface area contributed by atoms with Crippen LogP contribution in [-0.4, -0.2) is 43.8 Å². The Morgan fingerprint density at radius 2 is 1.93 bits per heavy atom. The fourth-order valence-corrected chi connectivity index (χ4v) is 4.21. The zero-order chi connectivity index (χ0) is 20.9. The van der Waals surface area contributed by atoms with Crippen molar-refractivity contribution in [2.45, 2.75) is 26.9 Å². The van der Waals surface area contributed by atoms with E-state index in [2.05, 4.69) is 21.9 Å². The predicted molar refractivity (Wildman–Crippen MR) is 117 cm³/mol. The predicted octanol–water partition coefficient (Wildman–Crippen LogP) is 4.08. The van der Waals surface area contributed by atoms with E-state index in [1.807, 2.05) is 36.4 Å². The van der Waals surface area contributed by atoms with Gasteiger partial charge in [-0.2, -0.15) is 5.10 Å². The monoisotopic (exact) mass is 421 g/mol. The number of esters is 1. The second-order valence-corrected chi connectivity index (χ2v) is 7.77. The Morgan fingerprint density at radius 1 is 1.13 bits per heavy atom. The van der Waals surface area contributed by atoms with Crippen molar-refractivity contribution < 1.29 is 9.53 Å². The van der Waals surface area contributed by atoms with Crippen molar-refractivity contribution in [2.24, 2.45) is 0 Å². The van der Waals surface area contributed by atoms with Gasteiger partial charge in [-0.05, 0) is 43.3 Å². The fourth-order valence-electron chi connectivity index (χ4n) is 3.26. The molecule has 0 aliphatic carbocycles. The Balaban J connectivity index is 1.71. The van der Waals surface area contributed by atoms with Crippen LogP contribution in [0.25, 0.3) is 15.3 Å². The van der Waals surface area contributed by atoms with E-state index < -0.39 is 0 Å². The number of benzene rings is 1. The molecule has 7 nitrogen and oxygen atoms in total. The summed E-state index contributed by atoms with van der Waals surface area (Å²) in [4.78, 5) is 23.6. The van der Waals surface area contributed by atoms with E-state index in [-0.39, 0.29) is 5.97 Å². The first-order valence-electron chi connectivity index (χ1n) is 9.90. The van der Waals surface area contributed by atoms with Gasteiger partial charge in [-0.25, -0.2) is 14.5 Å². The van der Waals surface area contributed by atoms with Crippen molar-refractivity contribution in [3.63, 3.8) is 0 Å². The molecule has 0 aliphatic rings. The minimum atomic E-state index is -0.361. The third-order valence-corrected chi connectivity index (χ3v) is 5.82. The maximum absolute atomic E-state index is 12.6. The fraction of sp³-hybridized carbons (Fsp3) is 0.273. The summed E-state index contributed by atoms with van der Waals surface area (Å²) in [6.45, 7) is 6.32. The van der Waals surface area contributed by atoms with Gasteiger partial charge >= 0.3 is 5.97 Å². The van der Waals surface area contributed by atoms with Crippen LogP contribution in [0.3, 0.4) is 0 Å². The largest absolute Gasteiger partial charge is 0.462 e. The molecule has 0 saturated carbocycles. The standard InChI is InChI=1S/C22H23N5O2S/c1-3-26(14-16-9-11-23-12-10-16)15-19-17(21(28)29-4-2)13-24-27(19)22-25-18-7-5-6-8-20(18)30-22/h5-13H,3-4,14-15H2,1-2H3. The number of ether oxygens (including phenoxy) is 1. The molecule has 4 rings (SSSR count). The van der Waals surface area contributed by atoms with E-state index in [4.69, 9.17) is 9.72 Å². The summed E-state index contributed by atoms with van der Waals surface area (Å²) >= 11 is 1.55. The number of hydrogen-bond donors (Lipinski definition) is 0. The molecular weight excluding hydrogens is 398 g/mol. The number of carbonyl (C=O) groups is 1. The zero-order valence-electron chi connectivity index (χ0n) is 17.0. The van der Waals surface area contributed by atoms with Crippen LogP contribution in [0.1, 0.15) is 35.5 Å². The van der Waals surface area contributed by atoms with Gasteiger partial charge in [-0.3, -0.25) is 9.88 Å². The number of rotatable bonds is 8. The average Bonchev–Trinajstić information content (AvgIpc) is 3.38. The minimum absolute atomic E-state index is 0.319. The van der Waals surface area contributed by atoms with Crippen LogP contribution in [0.15, 0.2) is 55.0 Å². The van der Waals surface area contributed by atoms with E-state index in [1.165, 1.54) is 0 Å². The Morgan fingerprint density at radius 3 is 2.67 bits per heavy atom. The molecule has 3 heterocycles. The minimum Gasteiger partial charge on any atom is -0.462 e. The quantitative estimate of drug-likeness (QED) is 0.399. The number of nitrogens with zero attached hydrogens (tertiary/aromatic N) is 5. The summed E-state index contributed by atoms with van der Waals surface area (Å²) in [6.07, 6.45) is 5.16. The van der Waals surface area contributed by atoms with Gasteiger partial charge in [0.15, 0.2) is 0 Å². The number of thiazole rings is 1. The lowest BCUT2D eigenvalue weighted by Gasteiger charge is -2.21. The molecular formula is C22H23N5O2S. The number of aromatic nitrogens is 4. The molecule has 154 valence electrons. The van der Waals surface area contributed by atoms with Gasteiger partial charge in [0.2, 0.25) is 5.13 Å². The van der Waals surface area contributed by atoms with E-state index in [1.54, 1.807) is 41.5 Å². The lowest BCUT2D eigenvalue weighted by atomic mass is 10.2. The number of para-hydroxylation sites is 1. The first-order chi connectivity index (χ1) is 14.7. The molecule has 0 unspecified atom stereocenters. The van der Waals surface area contributed by atoms with Gasteiger partial charge in [-0.15, -0.1) is 0 Å². The highest BCUT2D eigenvalue weighted by Crippen LogP contribution is 2.27. The molecule has 1 aromatic carbocycles. The van der Waals surface area contributed by atoms with Crippen molar-refractivity contribution in [2.75, 3.05) is 13.2 Å². The molecule has 4 aromatic rings. The van der Waals surface area contributed by atoms with Crippen molar-refractivity contribution in [3.8, 4) is 5.13 Å². The lowest BCUT2D eigenvalue weighted by Crippen LogP contribution is -2.25. The van der Waals surface area contributed by atoms with Crippen LogP contribution in [0, 0.1) is 0 Å². The van der Waals surface area contributed by atoms with Crippen LogP contribution in [0.5, 0.6) is 0 Å². The summed E-state index contributed by atoms with van der Waals surface area (Å²) in [5.41, 5.74) is 3.34. The van der Waals surface area contributed by atoms with E-state index in [0.29, 0.717) is 18.7 Å². The average molecular weight is 422 g/mol. The van der Waals surface area contributed by atoms with Crippen LogP contribution in [0.2, 0.25) is 0 Å². The highest BCUT2D eigenvalue weighted by molar-refractivity contribution is 7.20. The number of pyridine rings is 1. The second-order valence-electron chi connectivity index (χ2n) is 6.76. The van der Waals surface area contributed by atoms with Gasteiger partial charge in [0.1, 0.15) is 5.56 Å². The van der Waals surface area contributed by atoms with Gasteiger partial charge in [0.25, 0.3) is 0 Å². The molecule has 0 bridgehead atoms. The number of fused-ring (bicyclic) bond motifs is 1. The summed E-state index contributed by atoms with van der Waals surface area (Å²) < 4.78 is 8.12. The molecule has 0 amide bonds. The van der Waals surface area contributed by atoms with Gasteiger partial charge in [-0.1, -0.05) is 30.4 Å².